The number of halogens is 1. The van der Waals surface area contributed by atoms with Crippen LogP contribution in [-0.2, 0) is 22.4 Å². The number of methoxy groups -OCH3 is 1. The maximum Gasteiger partial charge on any atom is 0.309 e. The molecule has 4 heteroatoms. The molecule has 0 saturated carbocycles. The third kappa shape index (κ3) is 4.32. The number of ether oxygens (including phenoxy) is 1. The van der Waals surface area contributed by atoms with Crippen LogP contribution in [-0.4, -0.2) is 19.6 Å². The van der Waals surface area contributed by atoms with Crippen LogP contribution in [0.1, 0.15) is 11.1 Å². The Morgan fingerprint density at radius 3 is 2.47 bits per heavy atom. The Labute approximate surface area is 96.0 Å². The number of carbonyl (C=O) groups is 1. The van der Waals surface area contributed by atoms with Crippen molar-refractivity contribution in [1.29, 1.82) is 0 Å². The van der Waals surface area contributed by atoms with Crippen LogP contribution in [0.15, 0.2) is 24.3 Å². The highest BCUT2D eigenvalue weighted by atomic mass is 35.5. The van der Waals surface area contributed by atoms with Crippen molar-refractivity contribution >= 4 is 18.4 Å². The van der Waals surface area contributed by atoms with E-state index >= 15 is 0 Å². The molecule has 1 rings (SSSR count). The summed E-state index contributed by atoms with van der Waals surface area (Å²) in [5, 5.41) is 0. The molecule has 2 N–H and O–H groups in total. The number of benzene rings is 1. The van der Waals surface area contributed by atoms with Crippen molar-refractivity contribution < 1.29 is 9.53 Å². The van der Waals surface area contributed by atoms with E-state index in [0.29, 0.717) is 13.0 Å². The number of hydrogen-bond donors (Lipinski definition) is 1. The molecule has 0 aliphatic rings. The molecule has 0 aliphatic heterocycles. The zero-order valence-corrected chi connectivity index (χ0v) is 9.55. The Hall–Kier alpha value is -1.06. The highest BCUT2D eigenvalue weighted by Gasteiger charge is 2.06. The van der Waals surface area contributed by atoms with Gasteiger partial charge in [0, 0.05) is 0 Å². The summed E-state index contributed by atoms with van der Waals surface area (Å²) in [5.74, 6) is -0.213. The average molecular weight is 230 g/mol. The van der Waals surface area contributed by atoms with Crippen molar-refractivity contribution in [3.8, 4) is 0 Å². The highest BCUT2D eigenvalue weighted by Crippen LogP contribution is 2.10. The first-order valence-corrected chi connectivity index (χ1v) is 4.61. The van der Waals surface area contributed by atoms with Crippen LogP contribution < -0.4 is 5.73 Å². The number of carbonyl (C=O) groups excluding carboxylic acids is 1. The van der Waals surface area contributed by atoms with E-state index < -0.39 is 0 Å². The topological polar surface area (TPSA) is 52.3 Å². The number of esters is 1. The third-order valence-corrected chi connectivity index (χ3v) is 2.09. The van der Waals surface area contributed by atoms with Gasteiger partial charge < -0.3 is 10.5 Å². The molecular formula is C11H16ClNO2. The molecule has 0 radical (unpaired) electrons. The molecule has 15 heavy (non-hydrogen) atoms. The summed E-state index contributed by atoms with van der Waals surface area (Å²) >= 11 is 0. The van der Waals surface area contributed by atoms with Crippen molar-refractivity contribution in [2.45, 2.75) is 12.8 Å². The first kappa shape index (κ1) is 13.9. The second-order valence-corrected chi connectivity index (χ2v) is 3.06. The fraction of sp³-hybridized carbons (Fsp3) is 0.364. The molecule has 0 heterocycles. The predicted octanol–water partition coefficient (Wildman–Crippen LogP) is 1.33. The zero-order valence-electron chi connectivity index (χ0n) is 8.73. The molecule has 0 aliphatic carbocycles. The fourth-order valence-corrected chi connectivity index (χ4v) is 1.36. The van der Waals surface area contributed by atoms with E-state index in [2.05, 4.69) is 4.74 Å². The van der Waals surface area contributed by atoms with Crippen molar-refractivity contribution in [2.24, 2.45) is 5.73 Å². The maximum absolute atomic E-state index is 11.1. The quantitative estimate of drug-likeness (QED) is 0.793. The second kappa shape index (κ2) is 7.26. The first-order chi connectivity index (χ1) is 6.77. The van der Waals surface area contributed by atoms with Crippen LogP contribution in [0, 0.1) is 0 Å². The van der Waals surface area contributed by atoms with E-state index in [1.54, 1.807) is 0 Å². The molecule has 0 fully saturated rings. The minimum atomic E-state index is -0.213. The Bertz CT molecular complexity index is 315. The van der Waals surface area contributed by atoms with E-state index in [1.165, 1.54) is 7.11 Å². The normalized spacial score (nSPS) is 9.20. The van der Waals surface area contributed by atoms with Crippen molar-refractivity contribution in [3.63, 3.8) is 0 Å². The smallest absolute Gasteiger partial charge is 0.309 e. The first-order valence-electron chi connectivity index (χ1n) is 4.61. The molecular weight excluding hydrogens is 214 g/mol. The summed E-state index contributed by atoms with van der Waals surface area (Å²) in [4.78, 5) is 11.1. The molecule has 0 aromatic heterocycles. The van der Waals surface area contributed by atoms with Crippen LogP contribution in [0.3, 0.4) is 0 Å². The largest absolute Gasteiger partial charge is 0.469 e. The van der Waals surface area contributed by atoms with Gasteiger partial charge in [0.1, 0.15) is 0 Å². The lowest BCUT2D eigenvalue weighted by Gasteiger charge is -2.06. The van der Waals surface area contributed by atoms with Gasteiger partial charge in [-0.05, 0) is 24.1 Å². The summed E-state index contributed by atoms with van der Waals surface area (Å²) < 4.78 is 4.62. The lowest BCUT2D eigenvalue weighted by Crippen LogP contribution is -2.09. The van der Waals surface area contributed by atoms with Gasteiger partial charge in [0.2, 0.25) is 0 Å². The molecule has 0 unspecified atom stereocenters. The number of nitrogens with two attached hydrogens (primary N) is 1. The minimum Gasteiger partial charge on any atom is -0.469 e. The summed E-state index contributed by atoms with van der Waals surface area (Å²) in [5.41, 5.74) is 7.61. The second-order valence-electron chi connectivity index (χ2n) is 3.06. The molecule has 0 amide bonds. The zero-order chi connectivity index (χ0) is 10.4. The minimum absolute atomic E-state index is 0. The Kier molecular flexibility index (Phi) is 6.75. The van der Waals surface area contributed by atoms with E-state index in [-0.39, 0.29) is 18.4 Å². The lowest BCUT2D eigenvalue weighted by molar-refractivity contribution is -0.139. The molecule has 0 spiro atoms. The van der Waals surface area contributed by atoms with Gasteiger partial charge >= 0.3 is 5.97 Å². The molecule has 3 nitrogen and oxygen atoms in total. The standard InChI is InChI=1S/C11H15NO2.ClH/c1-14-11(13)8-10-5-3-2-4-9(10)6-7-12;/h2-5H,6-8,12H2,1H3;1H. The van der Waals surface area contributed by atoms with E-state index in [9.17, 15) is 4.79 Å². The van der Waals surface area contributed by atoms with Gasteiger partial charge in [0.25, 0.3) is 0 Å². The molecule has 1 aromatic carbocycles. The summed E-state index contributed by atoms with van der Waals surface area (Å²) in [6.07, 6.45) is 1.12. The van der Waals surface area contributed by atoms with Crippen LogP contribution >= 0.6 is 12.4 Å². The van der Waals surface area contributed by atoms with Gasteiger partial charge in [0.15, 0.2) is 0 Å². The summed E-state index contributed by atoms with van der Waals surface area (Å²) in [6.45, 7) is 0.595. The van der Waals surface area contributed by atoms with Gasteiger partial charge in [-0.1, -0.05) is 24.3 Å². The van der Waals surface area contributed by atoms with Gasteiger partial charge in [-0.2, -0.15) is 0 Å². The van der Waals surface area contributed by atoms with Gasteiger partial charge in [-0.25, -0.2) is 0 Å². The van der Waals surface area contributed by atoms with Crippen molar-refractivity contribution in [1.82, 2.24) is 0 Å². The van der Waals surface area contributed by atoms with Crippen molar-refractivity contribution in [3.05, 3.63) is 35.4 Å². The molecule has 0 bridgehead atoms. The predicted molar refractivity (Wildman–Crippen MR) is 62.2 cm³/mol. The molecule has 84 valence electrons. The monoisotopic (exact) mass is 229 g/mol. The number of hydrogen-bond acceptors (Lipinski definition) is 3. The van der Waals surface area contributed by atoms with Crippen molar-refractivity contribution in [2.75, 3.05) is 13.7 Å². The van der Waals surface area contributed by atoms with E-state index in [4.69, 9.17) is 5.73 Å². The highest BCUT2D eigenvalue weighted by molar-refractivity contribution is 5.85. The van der Waals surface area contributed by atoms with Crippen LogP contribution in [0.5, 0.6) is 0 Å². The maximum atomic E-state index is 11.1. The molecule has 0 atom stereocenters. The van der Waals surface area contributed by atoms with Crippen LogP contribution in [0.25, 0.3) is 0 Å². The van der Waals surface area contributed by atoms with Crippen LogP contribution in [0.4, 0.5) is 0 Å². The Morgan fingerprint density at radius 2 is 1.93 bits per heavy atom. The Morgan fingerprint density at radius 1 is 1.33 bits per heavy atom. The molecule has 1 aromatic rings. The van der Waals surface area contributed by atoms with E-state index in [1.807, 2.05) is 24.3 Å². The van der Waals surface area contributed by atoms with Gasteiger partial charge in [-0.3, -0.25) is 4.79 Å². The Balaban J connectivity index is 0.00000196. The lowest BCUT2D eigenvalue weighted by atomic mass is 10.0. The summed E-state index contributed by atoms with van der Waals surface area (Å²) in [6, 6.07) is 7.79. The average Bonchev–Trinajstić information content (AvgIpc) is 2.21. The molecule has 0 saturated heterocycles. The number of rotatable bonds is 4. The van der Waals surface area contributed by atoms with Gasteiger partial charge in [0.05, 0.1) is 13.5 Å². The summed E-state index contributed by atoms with van der Waals surface area (Å²) in [7, 11) is 1.40. The third-order valence-electron chi connectivity index (χ3n) is 2.09. The van der Waals surface area contributed by atoms with E-state index in [0.717, 1.165) is 17.5 Å². The van der Waals surface area contributed by atoms with Crippen LogP contribution in [0.2, 0.25) is 0 Å². The fourth-order valence-electron chi connectivity index (χ4n) is 1.36. The SMILES string of the molecule is COC(=O)Cc1ccccc1CCN.Cl. The van der Waals surface area contributed by atoms with Gasteiger partial charge in [-0.15, -0.1) is 12.4 Å².